The van der Waals surface area contributed by atoms with Crippen molar-refractivity contribution in [3.63, 3.8) is 0 Å². The van der Waals surface area contributed by atoms with E-state index in [0.29, 0.717) is 11.4 Å². The number of hydrogen-bond donors (Lipinski definition) is 3. The average Bonchev–Trinajstić information content (AvgIpc) is 3.19. The number of aromatic nitrogens is 2. The van der Waals surface area contributed by atoms with Gasteiger partial charge in [0.05, 0.1) is 13.2 Å². The number of benzene rings is 1. The lowest BCUT2D eigenvalue weighted by Crippen LogP contribution is -2.37. The summed E-state index contributed by atoms with van der Waals surface area (Å²) in [5.41, 5.74) is 6.94. The first-order valence-corrected chi connectivity index (χ1v) is 13.6. The number of nitrogens with zero attached hydrogens (tertiary/aromatic N) is 4. The molecule has 2 aromatic rings. The van der Waals surface area contributed by atoms with Crippen LogP contribution in [0.5, 0.6) is 5.75 Å². The van der Waals surface area contributed by atoms with Crippen LogP contribution < -0.4 is 20.9 Å². The molecule has 0 bridgehead atoms. The molecule has 1 aliphatic rings. The molecule has 17 heteroatoms. The van der Waals surface area contributed by atoms with Crippen molar-refractivity contribution in [2.75, 3.05) is 13.2 Å². The number of H-pyrrole nitrogens is 1. The first kappa shape index (κ1) is 30.0. The van der Waals surface area contributed by atoms with Gasteiger partial charge in [0.25, 0.3) is 5.56 Å². The van der Waals surface area contributed by atoms with E-state index in [1.807, 2.05) is 11.9 Å². The summed E-state index contributed by atoms with van der Waals surface area (Å²) in [6, 6.07) is 5.71. The van der Waals surface area contributed by atoms with Crippen LogP contribution in [0.3, 0.4) is 0 Å². The molecule has 4 atom stereocenters. The average molecular weight is 585 g/mol. The Morgan fingerprint density at radius 2 is 2.08 bits per heavy atom. The highest BCUT2D eigenvalue weighted by atomic mass is 35.5. The van der Waals surface area contributed by atoms with Crippen LogP contribution in [-0.2, 0) is 23.4 Å². The van der Waals surface area contributed by atoms with E-state index in [0.717, 1.165) is 23.3 Å². The Kier molecular flexibility index (Phi) is 10.4. The second-order valence-corrected chi connectivity index (χ2v) is 10.3. The zero-order valence-corrected chi connectivity index (χ0v) is 22.5. The molecule has 15 nitrogen and oxygen atoms in total. The van der Waals surface area contributed by atoms with Gasteiger partial charge in [0.15, 0.2) is 6.10 Å². The minimum Gasteiger partial charge on any atom is -0.469 e. The molecule has 0 aliphatic carbocycles. The molecule has 39 heavy (non-hydrogen) atoms. The number of aliphatic hydroxyl groups is 1. The number of esters is 1. The molecule has 0 saturated carbocycles. The molecule has 1 aliphatic heterocycles. The SMILES string of the molecule is CCCCOC(=O)[C@H](C)NP(=O)(OC[C@H]1OC(n2ccc(=O)[nH]c2=O)=C(N=[N+]=[N-])[C@@H]1O)Oc1ccc(Cl)cc1. The molecule has 210 valence electrons. The van der Waals surface area contributed by atoms with Crippen LogP contribution in [-0.4, -0.2) is 52.1 Å². The summed E-state index contributed by atoms with van der Waals surface area (Å²) < 4.78 is 36.3. The summed E-state index contributed by atoms with van der Waals surface area (Å²) in [5.74, 6) is -0.983. The number of aliphatic hydroxyl groups excluding tert-OH is 1. The quantitative estimate of drug-likeness (QED) is 0.0783. The first-order chi connectivity index (χ1) is 18.6. The maximum absolute atomic E-state index is 13.7. The van der Waals surface area contributed by atoms with Gasteiger partial charge in [0.2, 0.25) is 5.88 Å². The van der Waals surface area contributed by atoms with E-state index in [1.165, 1.54) is 31.2 Å². The third-order valence-electron chi connectivity index (χ3n) is 5.21. The lowest BCUT2D eigenvalue weighted by Gasteiger charge is -2.25. The minimum atomic E-state index is -4.35. The van der Waals surface area contributed by atoms with E-state index in [2.05, 4.69) is 15.1 Å². The molecule has 0 amide bonds. The van der Waals surface area contributed by atoms with E-state index < -0.39 is 49.8 Å². The normalized spacial score (nSPS) is 19.0. The van der Waals surface area contributed by atoms with Gasteiger partial charge in [-0.1, -0.05) is 30.1 Å². The Morgan fingerprint density at radius 3 is 2.72 bits per heavy atom. The fourth-order valence-corrected chi connectivity index (χ4v) is 4.86. The Balaban J connectivity index is 1.81. The van der Waals surface area contributed by atoms with E-state index in [1.54, 1.807) is 0 Å². The van der Waals surface area contributed by atoms with Crippen LogP contribution in [0.2, 0.25) is 5.02 Å². The molecular weight excluding hydrogens is 559 g/mol. The van der Waals surface area contributed by atoms with Crippen molar-refractivity contribution in [1.29, 1.82) is 0 Å². The van der Waals surface area contributed by atoms with Crippen molar-refractivity contribution >= 4 is 31.2 Å². The fourth-order valence-electron chi connectivity index (χ4n) is 3.23. The number of ether oxygens (including phenoxy) is 2. The first-order valence-electron chi connectivity index (χ1n) is 11.7. The molecule has 1 unspecified atom stereocenters. The molecular formula is C22H26ClN6O9P. The van der Waals surface area contributed by atoms with Gasteiger partial charge in [-0.05, 0) is 43.1 Å². The van der Waals surface area contributed by atoms with Crippen LogP contribution in [0.1, 0.15) is 26.7 Å². The van der Waals surface area contributed by atoms with Crippen LogP contribution in [0, 0.1) is 0 Å². The molecule has 2 heterocycles. The van der Waals surface area contributed by atoms with Gasteiger partial charge in [-0.15, -0.1) is 0 Å². The largest absolute Gasteiger partial charge is 0.469 e. The summed E-state index contributed by atoms with van der Waals surface area (Å²) in [7, 11) is -4.35. The van der Waals surface area contributed by atoms with Crippen LogP contribution in [0.25, 0.3) is 16.3 Å². The van der Waals surface area contributed by atoms with Crippen LogP contribution in [0.15, 0.2) is 56.9 Å². The minimum absolute atomic E-state index is 0.0862. The number of carbonyl (C=O) groups excluding carboxylic acids is 1. The van der Waals surface area contributed by atoms with Crippen LogP contribution >= 0.6 is 19.3 Å². The van der Waals surface area contributed by atoms with Crippen LogP contribution in [0.4, 0.5) is 0 Å². The third kappa shape index (κ3) is 7.96. The molecule has 1 aromatic heterocycles. The number of rotatable bonds is 13. The predicted molar refractivity (Wildman–Crippen MR) is 139 cm³/mol. The summed E-state index contributed by atoms with van der Waals surface area (Å²) in [4.78, 5) is 40.7. The van der Waals surface area contributed by atoms with Gasteiger partial charge in [-0.3, -0.25) is 19.1 Å². The summed E-state index contributed by atoms with van der Waals surface area (Å²) in [6.07, 6.45) is -0.461. The predicted octanol–water partition coefficient (Wildman–Crippen LogP) is 2.91. The molecule has 0 spiro atoms. The molecule has 1 aromatic carbocycles. The molecule has 3 N–H and O–H groups in total. The van der Waals surface area contributed by atoms with Gasteiger partial charge in [-0.25, -0.2) is 13.9 Å². The topological polar surface area (TPSA) is 207 Å². The maximum atomic E-state index is 13.7. The van der Waals surface area contributed by atoms with E-state index >= 15 is 0 Å². The van der Waals surface area contributed by atoms with Crippen molar-refractivity contribution < 1.29 is 33.0 Å². The molecule has 0 radical (unpaired) electrons. The standard InChI is InChI=1S/C22H26ClN6O9P/c1-3-4-11-35-21(32)13(2)27-39(34,38-15-7-5-14(23)6-8-15)36-12-16-19(31)18(26-28-24)20(37-16)29-10-9-17(30)25-22(29)33/h5-10,13,16,19,31H,3-4,11-12H2,1-2H3,(H,27,34)(H,25,30,33)/t13-,16+,19+,39?/m0/s1. The number of carbonyl (C=O) groups is 1. The van der Waals surface area contributed by atoms with Crippen molar-refractivity contribution in [2.45, 2.75) is 44.9 Å². The number of hydrogen-bond acceptors (Lipinski definition) is 10. The summed E-state index contributed by atoms with van der Waals surface area (Å²) in [5, 5.41) is 17.0. The lowest BCUT2D eigenvalue weighted by atomic mass is 10.2. The Morgan fingerprint density at radius 1 is 1.36 bits per heavy atom. The number of halogens is 1. The van der Waals surface area contributed by atoms with Crippen molar-refractivity contribution in [2.24, 2.45) is 5.11 Å². The Labute approximate surface area is 226 Å². The molecule has 3 rings (SSSR count). The molecule has 0 fully saturated rings. The lowest BCUT2D eigenvalue weighted by molar-refractivity contribution is -0.145. The van der Waals surface area contributed by atoms with Crippen molar-refractivity contribution in [3.8, 4) is 5.75 Å². The van der Waals surface area contributed by atoms with Gasteiger partial charge in [0, 0.05) is 22.2 Å². The summed E-state index contributed by atoms with van der Waals surface area (Å²) >= 11 is 5.90. The van der Waals surface area contributed by atoms with E-state index in [-0.39, 0.29) is 23.9 Å². The van der Waals surface area contributed by atoms with Gasteiger partial charge >= 0.3 is 19.4 Å². The highest BCUT2D eigenvalue weighted by Crippen LogP contribution is 2.46. The monoisotopic (exact) mass is 584 g/mol. The Bertz CT molecular complexity index is 1420. The van der Waals surface area contributed by atoms with Crippen molar-refractivity contribution in [3.05, 3.63) is 78.5 Å². The van der Waals surface area contributed by atoms with E-state index in [4.69, 9.17) is 35.7 Å². The highest BCUT2D eigenvalue weighted by molar-refractivity contribution is 7.52. The fraction of sp³-hybridized carbons (Fsp3) is 0.409. The van der Waals surface area contributed by atoms with E-state index in [9.17, 15) is 24.1 Å². The number of nitrogens with one attached hydrogen (secondary N) is 2. The number of unbranched alkanes of at least 4 members (excludes halogenated alkanes) is 1. The second-order valence-electron chi connectivity index (χ2n) is 8.17. The number of azide groups is 1. The molecule has 0 saturated heterocycles. The number of aromatic amines is 1. The summed E-state index contributed by atoms with van der Waals surface area (Å²) in [6.45, 7) is 2.88. The Hall–Kier alpha value is -3.58. The smallest absolute Gasteiger partial charge is 0.459 e. The van der Waals surface area contributed by atoms with Gasteiger partial charge < -0.3 is 19.1 Å². The van der Waals surface area contributed by atoms with Gasteiger partial charge in [0.1, 0.15) is 23.6 Å². The highest BCUT2D eigenvalue weighted by Gasteiger charge is 2.40. The van der Waals surface area contributed by atoms with Crippen molar-refractivity contribution in [1.82, 2.24) is 14.6 Å². The second kappa shape index (κ2) is 13.5. The van der Waals surface area contributed by atoms with Gasteiger partial charge in [-0.2, -0.15) is 5.09 Å². The maximum Gasteiger partial charge on any atom is 0.459 e. The third-order valence-corrected chi connectivity index (χ3v) is 7.10. The zero-order valence-electron chi connectivity index (χ0n) is 20.9. The zero-order chi connectivity index (χ0) is 28.6.